The van der Waals surface area contributed by atoms with E-state index in [1.807, 2.05) is 0 Å². The van der Waals surface area contributed by atoms with Gasteiger partial charge in [0.1, 0.15) is 0 Å². The molecule has 28 heavy (non-hydrogen) atoms. The smallest absolute Gasteiger partial charge is 0.309 e. The van der Waals surface area contributed by atoms with E-state index in [0.717, 1.165) is 57.8 Å². The molecule has 0 saturated heterocycles. The minimum absolute atomic E-state index is 0. The molecule has 0 aromatic carbocycles. The lowest BCUT2D eigenvalue weighted by Gasteiger charge is -2.41. The van der Waals surface area contributed by atoms with Crippen LogP contribution in [0, 0.1) is 27.6 Å². The molecule has 4 heteroatoms. The van der Waals surface area contributed by atoms with Crippen LogP contribution in [0.5, 0.6) is 0 Å². The molecule has 1 atom stereocenters. The molecule has 1 unspecified atom stereocenters. The minimum atomic E-state index is -0.594. The van der Waals surface area contributed by atoms with E-state index in [1.54, 1.807) is 0 Å². The summed E-state index contributed by atoms with van der Waals surface area (Å²) in [4.78, 5) is 22.1. The fourth-order valence-electron chi connectivity index (χ4n) is 4.19. The fourth-order valence-corrected chi connectivity index (χ4v) is 4.19. The van der Waals surface area contributed by atoms with E-state index in [9.17, 15) is 14.7 Å². The van der Waals surface area contributed by atoms with E-state index in [-0.39, 0.29) is 23.7 Å². The second-order valence-electron chi connectivity index (χ2n) is 11.4. The summed E-state index contributed by atoms with van der Waals surface area (Å²) in [5, 5.41) is 18.2. The van der Waals surface area contributed by atoms with Crippen LogP contribution in [0.1, 0.15) is 114 Å². The highest BCUT2D eigenvalue weighted by atomic mass is 16.4. The number of hydrogen-bond acceptors (Lipinski definition) is 2. The number of carboxylic acid groups (broad SMARTS) is 2. The first kappa shape index (κ1) is 26.9. The SMILES string of the molecule is C.CC(C)(C)CC1(C(=O)O)CCC1.CC(CCC1(C(=O)O)CCC1)C(C)(C)C. The van der Waals surface area contributed by atoms with Gasteiger partial charge in [0.05, 0.1) is 10.8 Å². The van der Waals surface area contributed by atoms with Crippen LogP contribution in [0.15, 0.2) is 0 Å². The topological polar surface area (TPSA) is 74.6 Å². The Hall–Kier alpha value is -1.06. The highest BCUT2D eigenvalue weighted by Gasteiger charge is 2.46. The first-order valence-electron chi connectivity index (χ1n) is 10.6. The Morgan fingerprint density at radius 2 is 1.25 bits per heavy atom. The highest BCUT2D eigenvalue weighted by Crippen LogP contribution is 2.49. The molecule has 2 fully saturated rings. The molecular formula is C24H46O4. The summed E-state index contributed by atoms with van der Waals surface area (Å²) in [5.41, 5.74) is -0.306. The molecule has 4 nitrogen and oxygen atoms in total. The second kappa shape index (κ2) is 9.63. The maximum Gasteiger partial charge on any atom is 0.309 e. The van der Waals surface area contributed by atoms with Gasteiger partial charge in [-0.1, -0.05) is 68.7 Å². The van der Waals surface area contributed by atoms with Crippen molar-refractivity contribution in [2.24, 2.45) is 27.6 Å². The molecule has 0 heterocycles. The van der Waals surface area contributed by atoms with Gasteiger partial charge in [-0.3, -0.25) is 9.59 Å². The average Bonchev–Trinajstić information content (AvgIpc) is 2.39. The maximum atomic E-state index is 11.2. The Morgan fingerprint density at radius 1 is 0.857 bits per heavy atom. The summed E-state index contributed by atoms with van der Waals surface area (Å²) in [6, 6.07) is 0. The molecule has 2 rings (SSSR count). The van der Waals surface area contributed by atoms with Crippen LogP contribution in [0.2, 0.25) is 0 Å². The molecule has 0 radical (unpaired) electrons. The van der Waals surface area contributed by atoms with Crippen molar-refractivity contribution < 1.29 is 19.8 Å². The van der Waals surface area contributed by atoms with E-state index in [0.29, 0.717) is 11.3 Å². The quantitative estimate of drug-likeness (QED) is 0.504. The Morgan fingerprint density at radius 3 is 1.43 bits per heavy atom. The van der Waals surface area contributed by atoms with Gasteiger partial charge in [-0.2, -0.15) is 0 Å². The molecule has 0 amide bonds. The molecule has 2 aliphatic rings. The molecule has 0 aromatic heterocycles. The van der Waals surface area contributed by atoms with Gasteiger partial charge in [0.25, 0.3) is 0 Å². The molecule has 2 saturated carbocycles. The lowest BCUT2D eigenvalue weighted by atomic mass is 9.62. The van der Waals surface area contributed by atoms with Crippen LogP contribution in [0.4, 0.5) is 0 Å². The molecule has 0 aliphatic heterocycles. The van der Waals surface area contributed by atoms with Gasteiger partial charge in [-0.05, 0) is 61.7 Å². The van der Waals surface area contributed by atoms with Crippen LogP contribution in [0.3, 0.4) is 0 Å². The largest absolute Gasteiger partial charge is 0.481 e. The minimum Gasteiger partial charge on any atom is -0.481 e. The molecule has 0 spiro atoms. The number of carbonyl (C=O) groups is 2. The summed E-state index contributed by atoms with van der Waals surface area (Å²) < 4.78 is 0. The highest BCUT2D eigenvalue weighted by molar-refractivity contribution is 5.76. The van der Waals surface area contributed by atoms with Crippen LogP contribution >= 0.6 is 0 Å². The lowest BCUT2D eigenvalue weighted by Crippen LogP contribution is -2.40. The summed E-state index contributed by atoms with van der Waals surface area (Å²) in [6.07, 6.45) is 8.42. The zero-order chi connectivity index (χ0) is 21.1. The van der Waals surface area contributed by atoms with Crippen molar-refractivity contribution in [2.45, 2.75) is 114 Å². The number of rotatable bonds is 6. The molecule has 2 aliphatic carbocycles. The van der Waals surface area contributed by atoms with Crippen LogP contribution < -0.4 is 0 Å². The van der Waals surface area contributed by atoms with Crippen molar-refractivity contribution in [3.63, 3.8) is 0 Å². The predicted octanol–water partition coefficient (Wildman–Crippen LogP) is 7.02. The Balaban J connectivity index is 0.000000514. The first-order chi connectivity index (χ1) is 12.1. The van der Waals surface area contributed by atoms with Crippen molar-refractivity contribution in [2.75, 3.05) is 0 Å². The van der Waals surface area contributed by atoms with E-state index in [1.165, 1.54) is 0 Å². The third-order valence-corrected chi connectivity index (χ3v) is 6.93. The van der Waals surface area contributed by atoms with Gasteiger partial charge >= 0.3 is 11.9 Å². The zero-order valence-electron chi connectivity index (χ0n) is 18.7. The van der Waals surface area contributed by atoms with Crippen LogP contribution in [0.25, 0.3) is 0 Å². The Kier molecular flexibility index (Phi) is 9.26. The maximum absolute atomic E-state index is 11.2. The van der Waals surface area contributed by atoms with Gasteiger partial charge in [-0.25, -0.2) is 0 Å². The zero-order valence-corrected chi connectivity index (χ0v) is 18.7. The summed E-state index contributed by atoms with van der Waals surface area (Å²) in [5.74, 6) is -0.576. The fraction of sp³-hybridized carbons (Fsp3) is 0.917. The molecular weight excluding hydrogens is 352 g/mol. The van der Waals surface area contributed by atoms with Gasteiger partial charge in [0.2, 0.25) is 0 Å². The number of carboxylic acids is 2. The molecule has 0 bridgehead atoms. The Labute approximate surface area is 173 Å². The first-order valence-corrected chi connectivity index (χ1v) is 10.6. The summed E-state index contributed by atoms with van der Waals surface area (Å²) in [6.45, 7) is 15.2. The van der Waals surface area contributed by atoms with Gasteiger partial charge in [0.15, 0.2) is 0 Å². The monoisotopic (exact) mass is 398 g/mol. The van der Waals surface area contributed by atoms with Gasteiger partial charge in [-0.15, -0.1) is 0 Å². The number of aliphatic carboxylic acids is 2. The Bertz CT molecular complexity index is 514. The van der Waals surface area contributed by atoms with E-state index >= 15 is 0 Å². The van der Waals surface area contributed by atoms with Crippen molar-refractivity contribution in [3.8, 4) is 0 Å². The van der Waals surface area contributed by atoms with Gasteiger partial charge in [0, 0.05) is 0 Å². The summed E-state index contributed by atoms with van der Waals surface area (Å²) in [7, 11) is 0. The van der Waals surface area contributed by atoms with Crippen LogP contribution in [-0.2, 0) is 9.59 Å². The number of hydrogen-bond donors (Lipinski definition) is 2. The lowest BCUT2D eigenvalue weighted by molar-refractivity contribution is -0.157. The summed E-state index contributed by atoms with van der Waals surface area (Å²) >= 11 is 0. The van der Waals surface area contributed by atoms with Crippen molar-refractivity contribution >= 4 is 11.9 Å². The standard InChI is InChI=1S/C13H24O2.C10H18O2.CH4/c1-10(12(2,3)4)6-9-13(11(14)15)7-5-8-13;1-9(2,3)7-10(8(11)12)5-4-6-10;/h10H,5-9H2,1-4H3,(H,14,15);4-7H2,1-3H3,(H,11,12);1H4. The van der Waals surface area contributed by atoms with E-state index in [2.05, 4.69) is 48.5 Å². The van der Waals surface area contributed by atoms with E-state index in [4.69, 9.17) is 5.11 Å². The third kappa shape index (κ3) is 7.08. The second-order valence-corrected chi connectivity index (χ2v) is 11.4. The van der Waals surface area contributed by atoms with Crippen molar-refractivity contribution in [3.05, 3.63) is 0 Å². The predicted molar refractivity (Wildman–Crippen MR) is 116 cm³/mol. The average molecular weight is 399 g/mol. The van der Waals surface area contributed by atoms with Crippen molar-refractivity contribution in [1.29, 1.82) is 0 Å². The normalized spacial score (nSPS) is 21.0. The van der Waals surface area contributed by atoms with Gasteiger partial charge < -0.3 is 10.2 Å². The third-order valence-electron chi connectivity index (χ3n) is 6.93. The van der Waals surface area contributed by atoms with Crippen molar-refractivity contribution in [1.82, 2.24) is 0 Å². The molecule has 2 N–H and O–H groups in total. The van der Waals surface area contributed by atoms with Crippen LogP contribution in [-0.4, -0.2) is 22.2 Å². The molecule has 0 aromatic rings. The van der Waals surface area contributed by atoms with E-state index < -0.39 is 11.9 Å². The molecule has 166 valence electrons.